The van der Waals surface area contributed by atoms with Crippen LogP contribution in [0.4, 0.5) is 0 Å². The Morgan fingerprint density at radius 3 is 2.95 bits per heavy atom. The Balaban J connectivity index is 2.18. The van der Waals surface area contributed by atoms with E-state index < -0.39 is 0 Å². The van der Waals surface area contributed by atoms with E-state index in [4.69, 9.17) is 17.0 Å². The Morgan fingerprint density at radius 1 is 1.45 bits per heavy atom. The number of hydrogen-bond acceptors (Lipinski definition) is 4. The van der Waals surface area contributed by atoms with Gasteiger partial charge in [0.15, 0.2) is 0 Å². The minimum absolute atomic E-state index is 0.0104. The molecule has 1 heterocycles. The minimum atomic E-state index is 0.0104. The van der Waals surface area contributed by atoms with Crippen LogP contribution in [0, 0.1) is 0 Å². The van der Waals surface area contributed by atoms with Gasteiger partial charge in [0.2, 0.25) is 0 Å². The third-order valence-corrected chi connectivity index (χ3v) is 4.38. The van der Waals surface area contributed by atoms with Crippen molar-refractivity contribution in [1.29, 1.82) is 0 Å². The van der Waals surface area contributed by atoms with Gasteiger partial charge in [0, 0.05) is 6.54 Å². The fraction of sp³-hybridized carbons (Fsp3) is 0.333. The summed E-state index contributed by atoms with van der Waals surface area (Å²) in [6.45, 7) is 2.81. The zero-order valence-corrected chi connectivity index (χ0v) is 13.2. The van der Waals surface area contributed by atoms with Crippen LogP contribution < -0.4 is 4.74 Å². The summed E-state index contributed by atoms with van der Waals surface area (Å²) in [5.74, 6) is 0.788. The number of hydrogen-bond donors (Lipinski definition) is 0. The van der Waals surface area contributed by atoms with Gasteiger partial charge in [-0.15, -0.1) is 0 Å². The lowest BCUT2D eigenvalue weighted by molar-refractivity contribution is -0.122. The topological polar surface area (TPSA) is 29.5 Å². The van der Waals surface area contributed by atoms with E-state index in [1.54, 1.807) is 12.0 Å². The van der Waals surface area contributed by atoms with Crippen LogP contribution in [0.15, 0.2) is 29.2 Å². The van der Waals surface area contributed by atoms with Crippen molar-refractivity contribution in [3.63, 3.8) is 0 Å². The first-order valence-electron chi connectivity index (χ1n) is 6.55. The number of carbonyl (C=O) groups excluding carboxylic acids is 1. The van der Waals surface area contributed by atoms with Crippen LogP contribution in [-0.4, -0.2) is 28.8 Å². The molecule has 106 valence electrons. The lowest BCUT2D eigenvalue weighted by Crippen LogP contribution is -2.28. The fourth-order valence-electron chi connectivity index (χ4n) is 1.89. The van der Waals surface area contributed by atoms with E-state index in [9.17, 15) is 4.79 Å². The van der Waals surface area contributed by atoms with Crippen molar-refractivity contribution in [2.24, 2.45) is 0 Å². The second-order valence-corrected chi connectivity index (χ2v) is 6.14. The maximum absolute atomic E-state index is 12.3. The number of thioether (sulfide) groups is 1. The first kappa shape index (κ1) is 15.1. The molecule has 20 heavy (non-hydrogen) atoms. The molecule has 0 unspecified atom stereocenters. The highest BCUT2D eigenvalue weighted by Crippen LogP contribution is 2.33. The predicted molar refractivity (Wildman–Crippen MR) is 87.8 cm³/mol. The molecule has 3 nitrogen and oxygen atoms in total. The zero-order chi connectivity index (χ0) is 14.5. The van der Waals surface area contributed by atoms with Gasteiger partial charge in [-0.05, 0) is 30.2 Å². The molecule has 5 heteroatoms. The summed E-state index contributed by atoms with van der Waals surface area (Å²) in [6.07, 6.45) is 3.89. The van der Waals surface area contributed by atoms with Crippen molar-refractivity contribution < 1.29 is 9.53 Å². The number of benzene rings is 1. The predicted octanol–water partition coefficient (Wildman–Crippen LogP) is 3.70. The summed E-state index contributed by atoms with van der Waals surface area (Å²) in [5, 5.41) is 0. The number of thiocarbonyl (C=S) groups is 1. The molecule has 2 rings (SSSR count). The van der Waals surface area contributed by atoms with Crippen LogP contribution in [0.25, 0.3) is 6.08 Å². The van der Waals surface area contributed by atoms with Gasteiger partial charge in [-0.1, -0.05) is 49.5 Å². The first-order valence-corrected chi connectivity index (χ1v) is 7.77. The minimum Gasteiger partial charge on any atom is -0.497 e. The molecular formula is C15H17NO2S2. The van der Waals surface area contributed by atoms with Crippen molar-refractivity contribution in [3.8, 4) is 5.75 Å². The summed E-state index contributed by atoms with van der Waals surface area (Å²) in [6, 6.07) is 7.63. The summed E-state index contributed by atoms with van der Waals surface area (Å²) in [5.41, 5.74) is 0.945. The molecule has 0 aliphatic carbocycles. The first-order chi connectivity index (χ1) is 9.65. The standard InChI is InChI=1S/C15H17NO2S2/c1-3-4-8-16-14(17)13(20-15(16)19)10-11-6-5-7-12(9-11)18-2/h5-7,9-10H,3-4,8H2,1-2H3/b13-10-. The maximum atomic E-state index is 12.3. The molecule has 0 atom stereocenters. The SMILES string of the molecule is CCCCN1C(=O)/C(=C/c2cccc(OC)c2)SC1=S. The van der Waals surface area contributed by atoms with Gasteiger partial charge in [0.1, 0.15) is 10.1 Å². The lowest BCUT2D eigenvalue weighted by atomic mass is 10.2. The molecule has 0 saturated carbocycles. The quantitative estimate of drug-likeness (QED) is 0.613. The van der Waals surface area contributed by atoms with Crippen LogP contribution in [0.1, 0.15) is 25.3 Å². The van der Waals surface area contributed by atoms with Crippen molar-refractivity contribution >= 4 is 40.3 Å². The number of methoxy groups -OCH3 is 1. The molecule has 0 bridgehead atoms. The van der Waals surface area contributed by atoms with E-state index in [0.717, 1.165) is 24.2 Å². The van der Waals surface area contributed by atoms with E-state index >= 15 is 0 Å². The molecule has 0 spiro atoms. The summed E-state index contributed by atoms with van der Waals surface area (Å²) in [4.78, 5) is 14.7. The van der Waals surface area contributed by atoms with Crippen LogP contribution in [0.3, 0.4) is 0 Å². The smallest absolute Gasteiger partial charge is 0.266 e. The number of rotatable bonds is 5. The monoisotopic (exact) mass is 307 g/mol. The number of ether oxygens (including phenoxy) is 1. The van der Waals surface area contributed by atoms with E-state index in [1.165, 1.54) is 11.8 Å². The zero-order valence-electron chi connectivity index (χ0n) is 11.6. The molecule has 1 aliphatic rings. The molecule has 0 N–H and O–H groups in total. The third-order valence-electron chi connectivity index (χ3n) is 3.00. The van der Waals surface area contributed by atoms with E-state index in [-0.39, 0.29) is 5.91 Å². The highest BCUT2D eigenvalue weighted by atomic mass is 32.2. The highest BCUT2D eigenvalue weighted by Gasteiger charge is 2.31. The van der Waals surface area contributed by atoms with Gasteiger partial charge in [-0.2, -0.15) is 0 Å². The molecule has 0 aromatic heterocycles. The van der Waals surface area contributed by atoms with Gasteiger partial charge < -0.3 is 4.74 Å². The van der Waals surface area contributed by atoms with Gasteiger partial charge >= 0.3 is 0 Å². The van der Waals surface area contributed by atoms with E-state index in [2.05, 4.69) is 6.92 Å². The van der Waals surface area contributed by atoms with E-state index in [0.29, 0.717) is 15.8 Å². The number of amides is 1. The Morgan fingerprint density at radius 2 is 2.25 bits per heavy atom. The Bertz CT molecular complexity index is 555. The van der Waals surface area contributed by atoms with Gasteiger partial charge in [-0.3, -0.25) is 9.69 Å². The molecule has 1 aromatic carbocycles. The van der Waals surface area contributed by atoms with Crippen LogP contribution in [-0.2, 0) is 4.79 Å². The summed E-state index contributed by atoms with van der Waals surface area (Å²) in [7, 11) is 1.63. The molecule has 1 amide bonds. The maximum Gasteiger partial charge on any atom is 0.266 e. The lowest BCUT2D eigenvalue weighted by Gasteiger charge is -2.13. The number of unbranched alkanes of at least 4 members (excludes halogenated alkanes) is 1. The Kier molecular flexibility index (Phi) is 5.20. The van der Waals surface area contributed by atoms with Crippen LogP contribution >= 0.6 is 24.0 Å². The second kappa shape index (κ2) is 6.90. The third kappa shape index (κ3) is 3.41. The average molecular weight is 307 g/mol. The van der Waals surface area contributed by atoms with E-state index in [1.807, 2.05) is 30.3 Å². The van der Waals surface area contributed by atoms with Gasteiger partial charge in [0.25, 0.3) is 5.91 Å². The molecule has 1 aliphatic heterocycles. The van der Waals surface area contributed by atoms with Crippen molar-refractivity contribution in [2.75, 3.05) is 13.7 Å². The second-order valence-electron chi connectivity index (χ2n) is 4.46. The summed E-state index contributed by atoms with van der Waals surface area (Å²) >= 11 is 6.64. The Hall–Kier alpha value is -1.33. The highest BCUT2D eigenvalue weighted by molar-refractivity contribution is 8.26. The number of nitrogens with zero attached hydrogens (tertiary/aromatic N) is 1. The Labute approximate surface area is 129 Å². The number of carbonyl (C=O) groups is 1. The fourth-order valence-corrected chi connectivity index (χ4v) is 3.20. The molecule has 1 fully saturated rings. The molecule has 1 saturated heterocycles. The van der Waals surface area contributed by atoms with Crippen LogP contribution in [0.5, 0.6) is 5.75 Å². The molecule has 0 radical (unpaired) electrons. The normalized spacial score (nSPS) is 17.1. The average Bonchev–Trinajstić information content (AvgIpc) is 2.72. The van der Waals surface area contributed by atoms with Gasteiger partial charge in [-0.25, -0.2) is 0 Å². The van der Waals surface area contributed by atoms with Gasteiger partial charge in [0.05, 0.1) is 12.0 Å². The van der Waals surface area contributed by atoms with Crippen molar-refractivity contribution in [2.45, 2.75) is 19.8 Å². The van der Waals surface area contributed by atoms with Crippen molar-refractivity contribution in [3.05, 3.63) is 34.7 Å². The summed E-state index contributed by atoms with van der Waals surface area (Å²) < 4.78 is 5.83. The van der Waals surface area contributed by atoms with Crippen LogP contribution in [0.2, 0.25) is 0 Å². The molecule has 1 aromatic rings. The largest absolute Gasteiger partial charge is 0.497 e. The van der Waals surface area contributed by atoms with Crippen molar-refractivity contribution in [1.82, 2.24) is 4.90 Å². The molecular weight excluding hydrogens is 290 g/mol.